The zero-order chi connectivity index (χ0) is 21.5. The van der Waals surface area contributed by atoms with Crippen molar-refractivity contribution < 1.29 is 23.6 Å². The van der Waals surface area contributed by atoms with Gasteiger partial charge in [-0.15, -0.1) is 0 Å². The molecule has 0 bridgehead atoms. The molecular formula is C25H24NO4+. The van der Waals surface area contributed by atoms with Gasteiger partial charge >= 0.3 is 11.9 Å². The summed E-state index contributed by atoms with van der Waals surface area (Å²) in [6, 6.07) is 17.6. The number of ether oxygens (including phenoxy) is 2. The molecule has 30 heavy (non-hydrogen) atoms. The lowest BCUT2D eigenvalue weighted by atomic mass is 10.1. The zero-order valence-corrected chi connectivity index (χ0v) is 17.1. The molecule has 5 nitrogen and oxygen atoms in total. The summed E-state index contributed by atoms with van der Waals surface area (Å²) in [7, 11) is 2.03. The molecule has 1 aromatic heterocycles. The van der Waals surface area contributed by atoms with Crippen LogP contribution in [0.5, 0.6) is 5.75 Å². The Hall–Kier alpha value is -3.73. The largest absolute Gasteiger partial charge is 0.462 e. The number of hydrogen-bond acceptors (Lipinski definition) is 4. The van der Waals surface area contributed by atoms with Gasteiger partial charge in [0.15, 0.2) is 6.20 Å². The van der Waals surface area contributed by atoms with Crippen molar-refractivity contribution in [2.24, 2.45) is 7.05 Å². The number of para-hydroxylation sites is 1. The number of carbonyl (C=O) groups is 2. The number of aromatic nitrogens is 1. The van der Waals surface area contributed by atoms with E-state index >= 15 is 0 Å². The maximum Gasteiger partial charge on any atom is 0.333 e. The molecule has 0 atom stereocenters. The number of hydrogen-bond donors (Lipinski definition) is 0. The van der Waals surface area contributed by atoms with E-state index in [0.29, 0.717) is 11.3 Å². The highest BCUT2D eigenvalue weighted by atomic mass is 16.5. The molecule has 5 heteroatoms. The van der Waals surface area contributed by atoms with Crippen LogP contribution in [-0.4, -0.2) is 18.5 Å². The Kier molecular flexibility index (Phi) is 6.75. The number of nitrogens with zero attached hydrogens (tertiary/aromatic N) is 1. The zero-order valence-electron chi connectivity index (χ0n) is 17.1. The van der Waals surface area contributed by atoms with Gasteiger partial charge in [-0.3, -0.25) is 4.79 Å². The first-order valence-corrected chi connectivity index (χ1v) is 9.63. The van der Waals surface area contributed by atoms with Crippen LogP contribution in [0.2, 0.25) is 0 Å². The summed E-state index contributed by atoms with van der Waals surface area (Å²) < 4.78 is 12.3. The normalized spacial score (nSPS) is 10.9. The highest BCUT2D eigenvalue weighted by Gasteiger charge is 2.09. The topological polar surface area (TPSA) is 56.5 Å². The van der Waals surface area contributed by atoms with E-state index in [1.165, 1.54) is 5.39 Å². The van der Waals surface area contributed by atoms with Gasteiger partial charge < -0.3 is 9.47 Å². The van der Waals surface area contributed by atoms with Crippen LogP contribution in [0.25, 0.3) is 23.1 Å². The smallest absolute Gasteiger partial charge is 0.333 e. The van der Waals surface area contributed by atoms with Crippen LogP contribution in [0, 0.1) is 0 Å². The average molecular weight is 402 g/mol. The summed E-state index contributed by atoms with van der Waals surface area (Å²) in [4.78, 5) is 23.2. The predicted molar refractivity (Wildman–Crippen MR) is 117 cm³/mol. The quantitative estimate of drug-likeness (QED) is 0.257. The van der Waals surface area contributed by atoms with Crippen molar-refractivity contribution in [2.75, 3.05) is 6.61 Å². The van der Waals surface area contributed by atoms with E-state index in [2.05, 4.69) is 35.4 Å². The maximum atomic E-state index is 11.9. The van der Waals surface area contributed by atoms with Crippen LogP contribution >= 0.6 is 0 Å². The number of benzene rings is 2. The second-order valence-electron chi connectivity index (χ2n) is 6.94. The second kappa shape index (κ2) is 9.65. The summed E-state index contributed by atoms with van der Waals surface area (Å²) in [6.07, 6.45) is 6.11. The molecule has 3 rings (SSSR count). The van der Waals surface area contributed by atoms with Crippen molar-refractivity contribution in [2.45, 2.75) is 13.3 Å². The lowest BCUT2D eigenvalue weighted by Gasteiger charge is -2.06. The van der Waals surface area contributed by atoms with E-state index in [1.807, 2.05) is 43.6 Å². The van der Waals surface area contributed by atoms with Crippen molar-refractivity contribution in [1.82, 2.24) is 0 Å². The number of fused-ring (bicyclic) bond motifs is 1. The van der Waals surface area contributed by atoms with Crippen LogP contribution in [0.15, 0.2) is 72.9 Å². The van der Waals surface area contributed by atoms with Gasteiger partial charge in [-0.2, -0.15) is 0 Å². The Bertz CT molecular complexity index is 1110. The third kappa shape index (κ3) is 5.41. The molecule has 0 aliphatic rings. The lowest BCUT2D eigenvalue weighted by Crippen LogP contribution is -2.28. The van der Waals surface area contributed by atoms with Gasteiger partial charge in [-0.05, 0) is 36.2 Å². The minimum atomic E-state index is -0.515. The Labute approximate surface area is 175 Å². The molecule has 0 aliphatic heterocycles. The Morgan fingerprint density at radius 3 is 2.50 bits per heavy atom. The van der Waals surface area contributed by atoms with Gasteiger partial charge in [0.1, 0.15) is 19.4 Å². The number of rotatable bonds is 7. The third-order valence-corrected chi connectivity index (χ3v) is 4.53. The van der Waals surface area contributed by atoms with Crippen molar-refractivity contribution in [3.63, 3.8) is 0 Å². The fraction of sp³-hybridized carbons (Fsp3) is 0.160. The van der Waals surface area contributed by atoms with Gasteiger partial charge in [0.05, 0.1) is 11.8 Å². The van der Waals surface area contributed by atoms with E-state index in [1.54, 1.807) is 19.1 Å². The van der Waals surface area contributed by atoms with Gasteiger partial charge in [-0.1, -0.05) is 43.0 Å². The summed E-state index contributed by atoms with van der Waals surface area (Å²) in [5, 5.41) is 1.18. The summed E-state index contributed by atoms with van der Waals surface area (Å²) >= 11 is 0. The van der Waals surface area contributed by atoms with E-state index in [0.717, 1.165) is 16.6 Å². The molecule has 0 aliphatic carbocycles. The summed E-state index contributed by atoms with van der Waals surface area (Å²) in [5.41, 5.74) is 3.58. The van der Waals surface area contributed by atoms with E-state index in [-0.39, 0.29) is 13.0 Å². The number of esters is 2. The van der Waals surface area contributed by atoms with Crippen LogP contribution in [0.1, 0.15) is 24.5 Å². The van der Waals surface area contributed by atoms with Crippen LogP contribution in [-0.2, 0) is 21.4 Å². The first-order chi connectivity index (χ1) is 14.4. The molecule has 1 heterocycles. The van der Waals surface area contributed by atoms with E-state index < -0.39 is 11.9 Å². The van der Waals surface area contributed by atoms with E-state index in [9.17, 15) is 9.59 Å². The van der Waals surface area contributed by atoms with Gasteiger partial charge in [0.25, 0.3) is 0 Å². The molecule has 152 valence electrons. The van der Waals surface area contributed by atoms with Crippen molar-refractivity contribution in [3.8, 4) is 5.75 Å². The Balaban J connectivity index is 1.60. The molecule has 0 unspecified atom stereocenters. The highest BCUT2D eigenvalue weighted by Crippen LogP contribution is 2.19. The molecule has 0 radical (unpaired) electrons. The Morgan fingerprint density at radius 2 is 1.77 bits per heavy atom. The first kappa shape index (κ1) is 21.0. The standard InChI is InChI=1S/C25H24NO4/c1-18(2)25(28)29-17-15-24(27)30-21-12-9-19(10-13-21)8-11-20-14-16-26(3)23-7-5-4-6-22(20)23/h4-14,16H,1,15,17H2,2-3H3/q+1. The molecular weight excluding hydrogens is 378 g/mol. The predicted octanol–water partition coefficient (Wildman–Crippen LogP) is 4.25. The SMILES string of the molecule is C=C(C)C(=O)OCCC(=O)Oc1ccc(C=Cc2cc[n+](C)c3ccccc23)cc1. The molecule has 0 saturated heterocycles. The number of carbonyl (C=O) groups excluding carboxylic acids is 2. The molecule has 0 spiro atoms. The van der Waals surface area contributed by atoms with Crippen LogP contribution in [0.3, 0.4) is 0 Å². The van der Waals surface area contributed by atoms with Gasteiger partial charge in [-0.25, -0.2) is 9.36 Å². The van der Waals surface area contributed by atoms with Crippen molar-refractivity contribution in [1.29, 1.82) is 0 Å². The Morgan fingerprint density at radius 1 is 1.03 bits per heavy atom. The fourth-order valence-electron chi connectivity index (χ4n) is 2.90. The van der Waals surface area contributed by atoms with Gasteiger partial charge in [0, 0.05) is 17.7 Å². The summed E-state index contributed by atoms with van der Waals surface area (Å²) in [6.45, 7) is 5.00. The molecule has 0 amide bonds. The highest BCUT2D eigenvalue weighted by molar-refractivity contribution is 5.89. The molecule has 0 N–H and O–H groups in total. The number of aryl methyl sites for hydroxylation is 1. The maximum absolute atomic E-state index is 11.9. The lowest BCUT2D eigenvalue weighted by molar-refractivity contribution is -0.644. The third-order valence-electron chi connectivity index (χ3n) is 4.53. The van der Waals surface area contributed by atoms with Crippen molar-refractivity contribution >= 4 is 35.0 Å². The first-order valence-electron chi connectivity index (χ1n) is 9.63. The minimum Gasteiger partial charge on any atom is -0.462 e. The average Bonchev–Trinajstić information content (AvgIpc) is 2.74. The van der Waals surface area contributed by atoms with Crippen LogP contribution in [0.4, 0.5) is 0 Å². The van der Waals surface area contributed by atoms with Crippen molar-refractivity contribution in [3.05, 3.63) is 84.1 Å². The fourth-order valence-corrected chi connectivity index (χ4v) is 2.90. The molecule has 3 aromatic rings. The second-order valence-corrected chi connectivity index (χ2v) is 6.94. The van der Waals surface area contributed by atoms with Crippen LogP contribution < -0.4 is 9.30 Å². The van der Waals surface area contributed by atoms with Gasteiger partial charge in [0.2, 0.25) is 5.52 Å². The molecule has 0 fully saturated rings. The molecule has 0 saturated carbocycles. The number of pyridine rings is 1. The summed E-state index contributed by atoms with van der Waals surface area (Å²) in [5.74, 6) is -0.532. The monoisotopic (exact) mass is 402 g/mol. The minimum absolute atomic E-state index is 0.0147. The molecule has 2 aromatic carbocycles. The van der Waals surface area contributed by atoms with E-state index in [4.69, 9.17) is 9.47 Å².